The van der Waals surface area contributed by atoms with Crippen LogP contribution in [0, 0.1) is 34.0 Å². The van der Waals surface area contributed by atoms with E-state index in [-0.39, 0.29) is 11.4 Å². The number of nitrogens with zero attached hydrogens (tertiary/aromatic N) is 6. The van der Waals surface area contributed by atoms with Crippen LogP contribution < -0.4 is 0 Å². The normalized spacial score (nSPS) is 12.0. The average molecular weight is 355 g/mol. The third-order valence-corrected chi connectivity index (χ3v) is 5.34. The second-order valence-corrected chi connectivity index (χ2v) is 6.75. The van der Waals surface area contributed by atoms with E-state index in [1.165, 1.54) is 29.7 Å². The molecule has 0 aliphatic carbocycles. The Morgan fingerprint density at radius 1 is 1.00 bits per heavy atom. The number of allylic oxidation sites excluding steroid dienone is 1. The Labute approximate surface area is 144 Å². The molecule has 0 saturated heterocycles. The van der Waals surface area contributed by atoms with E-state index < -0.39 is 0 Å². The summed E-state index contributed by atoms with van der Waals surface area (Å²) >= 11 is 8.24. The Balaban J connectivity index is 2.06. The van der Waals surface area contributed by atoms with Crippen LogP contribution in [0.5, 0.6) is 0 Å². The minimum atomic E-state index is -0.0210. The molecule has 0 bridgehead atoms. The van der Waals surface area contributed by atoms with Gasteiger partial charge in [0.2, 0.25) is 0 Å². The first kappa shape index (κ1) is 15.3. The summed E-state index contributed by atoms with van der Waals surface area (Å²) < 4.78 is 0.672. The van der Waals surface area contributed by atoms with Gasteiger partial charge in [0.05, 0.1) is 9.81 Å². The molecule has 0 fully saturated rings. The molecule has 0 aromatic carbocycles. The molecule has 3 heterocycles. The molecule has 0 radical (unpaired) electrons. The van der Waals surface area contributed by atoms with Gasteiger partial charge in [0.25, 0.3) is 0 Å². The van der Waals surface area contributed by atoms with Crippen molar-refractivity contribution in [2.24, 2.45) is 0 Å². The average Bonchev–Trinajstić information content (AvgIpc) is 2.98. The van der Waals surface area contributed by atoms with Crippen molar-refractivity contribution in [1.29, 1.82) is 15.8 Å². The molecule has 9 heteroatoms. The van der Waals surface area contributed by atoms with Crippen LogP contribution in [0.4, 0.5) is 0 Å². The summed E-state index contributed by atoms with van der Waals surface area (Å²) in [4.78, 5) is 12.2. The molecule has 0 spiro atoms. The van der Waals surface area contributed by atoms with Crippen molar-refractivity contribution in [2.45, 2.75) is 10.1 Å². The maximum Gasteiger partial charge on any atom is 0.178 e. The largest absolute Gasteiger partial charge is 0.244 e. The standard InChI is InChI=1S/C14H3ClN6S2/c15-11-2-1-7(6-19-11)8(3-16)14-22-12-13(23-14)21-10(5-18)9(4-17)20-12/h1-2,6H. The molecule has 1 aliphatic rings. The van der Waals surface area contributed by atoms with Crippen LogP contribution in [0.15, 0.2) is 32.6 Å². The van der Waals surface area contributed by atoms with Gasteiger partial charge in [-0.05, 0) is 12.1 Å². The zero-order valence-electron chi connectivity index (χ0n) is 11.1. The fourth-order valence-electron chi connectivity index (χ4n) is 1.74. The van der Waals surface area contributed by atoms with Crippen LogP contribution in [0.2, 0.25) is 5.15 Å². The van der Waals surface area contributed by atoms with E-state index >= 15 is 0 Å². The summed E-state index contributed by atoms with van der Waals surface area (Å²) in [6.45, 7) is 0. The Morgan fingerprint density at radius 3 is 2.04 bits per heavy atom. The Bertz CT molecular complexity index is 918. The molecule has 6 nitrogen and oxygen atoms in total. The summed E-state index contributed by atoms with van der Waals surface area (Å²) in [5.74, 6) is 0. The van der Waals surface area contributed by atoms with Gasteiger partial charge in [-0.25, -0.2) is 15.0 Å². The molecule has 2 aromatic heterocycles. The molecule has 0 atom stereocenters. The monoisotopic (exact) mass is 354 g/mol. The number of thioether (sulfide) groups is 2. The fraction of sp³-hybridized carbons (Fsp3) is 0. The maximum absolute atomic E-state index is 9.45. The molecular formula is C14H3ClN6S2. The van der Waals surface area contributed by atoms with Crippen LogP contribution in [-0.2, 0) is 0 Å². The van der Waals surface area contributed by atoms with Crippen molar-refractivity contribution in [1.82, 2.24) is 15.0 Å². The number of fused-ring (bicyclic) bond motifs is 1. The zero-order valence-corrected chi connectivity index (χ0v) is 13.5. The van der Waals surface area contributed by atoms with Crippen LogP contribution in [0.3, 0.4) is 0 Å². The van der Waals surface area contributed by atoms with Crippen molar-refractivity contribution >= 4 is 40.7 Å². The lowest BCUT2D eigenvalue weighted by atomic mass is 10.1. The van der Waals surface area contributed by atoms with Gasteiger partial charge in [0.15, 0.2) is 11.4 Å². The van der Waals surface area contributed by atoms with Crippen molar-refractivity contribution in [3.63, 3.8) is 0 Å². The first-order valence-electron chi connectivity index (χ1n) is 6.00. The van der Waals surface area contributed by atoms with Gasteiger partial charge in [-0.2, -0.15) is 15.8 Å². The van der Waals surface area contributed by atoms with Gasteiger partial charge in [-0.3, -0.25) is 0 Å². The number of nitriles is 3. The van der Waals surface area contributed by atoms with Gasteiger partial charge in [-0.15, -0.1) is 0 Å². The Morgan fingerprint density at radius 2 is 1.61 bits per heavy atom. The maximum atomic E-state index is 9.45. The first-order valence-corrected chi connectivity index (χ1v) is 8.01. The molecule has 0 unspecified atom stereocenters. The van der Waals surface area contributed by atoms with E-state index in [9.17, 15) is 5.26 Å². The minimum Gasteiger partial charge on any atom is -0.244 e. The topological polar surface area (TPSA) is 110 Å². The van der Waals surface area contributed by atoms with E-state index in [0.717, 1.165) is 0 Å². The van der Waals surface area contributed by atoms with Crippen LogP contribution >= 0.6 is 35.1 Å². The smallest absolute Gasteiger partial charge is 0.178 e. The molecule has 3 rings (SSSR count). The first-order chi connectivity index (χ1) is 11.2. The molecule has 108 valence electrons. The SMILES string of the molecule is N#CC(=C1Sc2nc(C#N)c(C#N)nc2S1)c1ccc(Cl)nc1. The van der Waals surface area contributed by atoms with Gasteiger partial charge < -0.3 is 0 Å². The van der Waals surface area contributed by atoms with E-state index in [2.05, 4.69) is 21.0 Å². The predicted octanol–water partition coefficient (Wildman–Crippen LogP) is 3.36. The summed E-state index contributed by atoms with van der Waals surface area (Å²) in [5, 5.41) is 28.8. The van der Waals surface area contributed by atoms with E-state index in [1.54, 1.807) is 12.1 Å². The van der Waals surface area contributed by atoms with Gasteiger partial charge in [0.1, 0.15) is 33.4 Å². The highest BCUT2D eigenvalue weighted by atomic mass is 35.5. The third kappa shape index (κ3) is 2.86. The third-order valence-electron chi connectivity index (χ3n) is 2.76. The quantitative estimate of drug-likeness (QED) is 0.566. The Kier molecular flexibility index (Phi) is 4.18. The summed E-state index contributed by atoms with van der Waals surface area (Å²) in [6, 6.07) is 9.14. The summed E-state index contributed by atoms with van der Waals surface area (Å²) in [7, 11) is 0. The van der Waals surface area contributed by atoms with Crippen molar-refractivity contribution in [3.05, 3.63) is 44.7 Å². The number of hydrogen-bond donors (Lipinski definition) is 0. The fourth-order valence-corrected chi connectivity index (χ4v) is 4.17. The molecule has 0 N–H and O–H groups in total. The number of halogens is 1. The molecule has 0 saturated carbocycles. The number of aromatic nitrogens is 3. The predicted molar refractivity (Wildman–Crippen MR) is 85.0 cm³/mol. The van der Waals surface area contributed by atoms with Crippen LogP contribution in [-0.4, -0.2) is 15.0 Å². The molecular weight excluding hydrogens is 352 g/mol. The molecule has 23 heavy (non-hydrogen) atoms. The number of rotatable bonds is 1. The number of hydrogen-bond acceptors (Lipinski definition) is 8. The highest BCUT2D eigenvalue weighted by molar-refractivity contribution is 8.24. The molecule has 0 amide bonds. The van der Waals surface area contributed by atoms with Crippen molar-refractivity contribution in [2.75, 3.05) is 0 Å². The van der Waals surface area contributed by atoms with Crippen LogP contribution in [0.1, 0.15) is 17.0 Å². The highest BCUT2D eigenvalue weighted by Gasteiger charge is 2.27. The lowest BCUT2D eigenvalue weighted by Gasteiger charge is -2.01. The Hall–Kier alpha value is -2.57. The van der Waals surface area contributed by atoms with Gasteiger partial charge in [0, 0.05) is 11.8 Å². The highest BCUT2D eigenvalue weighted by Crippen LogP contribution is 2.51. The van der Waals surface area contributed by atoms with Crippen molar-refractivity contribution < 1.29 is 0 Å². The molecule has 2 aromatic rings. The minimum absolute atomic E-state index is 0.0210. The van der Waals surface area contributed by atoms with Crippen LogP contribution in [0.25, 0.3) is 5.57 Å². The van der Waals surface area contributed by atoms with E-state index in [1.807, 2.05) is 12.1 Å². The second-order valence-electron chi connectivity index (χ2n) is 4.10. The van der Waals surface area contributed by atoms with E-state index in [0.29, 0.717) is 30.6 Å². The lowest BCUT2D eigenvalue weighted by molar-refractivity contribution is 0.902. The lowest BCUT2D eigenvalue weighted by Crippen LogP contribution is -1.96. The molecule has 1 aliphatic heterocycles. The second kappa shape index (κ2) is 6.28. The summed E-state index contributed by atoms with van der Waals surface area (Å²) in [6.07, 6.45) is 1.51. The number of pyridine rings is 1. The van der Waals surface area contributed by atoms with Gasteiger partial charge in [-0.1, -0.05) is 35.1 Å². The van der Waals surface area contributed by atoms with Crippen molar-refractivity contribution in [3.8, 4) is 18.2 Å². The van der Waals surface area contributed by atoms with Gasteiger partial charge >= 0.3 is 0 Å². The zero-order chi connectivity index (χ0) is 16.4. The summed E-state index contributed by atoms with van der Waals surface area (Å²) in [5.41, 5.74) is 1.00. The van der Waals surface area contributed by atoms with E-state index in [4.69, 9.17) is 22.1 Å².